The molecule has 0 radical (unpaired) electrons. The van der Waals surface area contributed by atoms with E-state index in [1.807, 2.05) is 6.92 Å². The summed E-state index contributed by atoms with van der Waals surface area (Å²) in [6.07, 6.45) is 7.85. The standard InChI is InChI=1S/C17H27N3OS/c1-3-5-14-19-10(2)16(22-14)17(21)20-15-11-6-4-7-12(15)9-13(18)8-11/h11-13,15H,3-9,18H2,1-2H3,(H,20,21). The maximum Gasteiger partial charge on any atom is 0.263 e. The van der Waals surface area contributed by atoms with Crippen molar-refractivity contribution in [1.29, 1.82) is 0 Å². The molecule has 122 valence electrons. The second-order valence-electron chi connectivity index (χ2n) is 6.95. The summed E-state index contributed by atoms with van der Waals surface area (Å²) in [4.78, 5) is 18.0. The van der Waals surface area contributed by atoms with Crippen molar-refractivity contribution in [2.45, 2.75) is 70.9 Å². The van der Waals surface area contributed by atoms with Crippen molar-refractivity contribution in [1.82, 2.24) is 10.3 Å². The van der Waals surface area contributed by atoms with E-state index in [0.717, 1.165) is 41.3 Å². The number of nitrogens with one attached hydrogen (secondary N) is 1. The summed E-state index contributed by atoms with van der Waals surface area (Å²) in [7, 11) is 0. The molecule has 0 aliphatic heterocycles. The number of amides is 1. The average Bonchev–Trinajstić information content (AvgIpc) is 2.81. The number of thiazole rings is 1. The van der Waals surface area contributed by atoms with Crippen LogP contribution in [-0.4, -0.2) is 23.0 Å². The number of nitrogens with two attached hydrogens (primary N) is 1. The maximum absolute atomic E-state index is 12.7. The number of rotatable bonds is 4. The molecule has 22 heavy (non-hydrogen) atoms. The molecule has 1 aromatic rings. The Balaban J connectivity index is 1.71. The monoisotopic (exact) mass is 321 g/mol. The zero-order valence-electron chi connectivity index (χ0n) is 13.6. The molecule has 1 aromatic heterocycles. The highest BCUT2D eigenvalue weighted by molar-refractivity contribution is 7.13. The molecular weight excluding hydrogens is 294 g/mol. The van der Waals surface area contributed by atoms with Crippen LogP contribution in [0.2, 0.25) is 0 Å². The lowest BCUT2D eigenvalue weighted by atomic mass is 9.67. The van der Waals surface area contributed by atoms with Crippen LogP contribution in [0.15, 0.2) is 0 Å². The van der Waals surface area contributed by atoms with Crippen molar-refractivity contribution in [2.24, 2.45) is 17.6 Å². The Labute approximate surface area is 136 Å². The number of nitrogens with zero attached hydrogens (tertiary/aromatic N) is 1. The van der Waals surface area contributed by atoms with Crippen molar-refractivity contribution >= 4 is 17.2 Å². The van der Waals surface area contributed by atoms with Gasteiger partial charge in [-0.1, -0.05) is 13.3 Å². The fraction of sp³-hybridized carbons (Fsp3) is 0.765. The van der Waals surface area contributed by atoms with E-state index in [2.05, 4.69) is 17.2 Å². The number of fused-ring (bicyclic) bond motifs is 2. The second kappa shape index (κ2) is 6.67. The van der Waals surface area contributed by atoms with Crippen LogP contribution in [-0.2, 0) is 6.42 Å². The minimum atomic E-state index is 0.0784. The van der Waals surface area contributed by atoms with E-state index in [0.29, 0.717) is 23.9 Å². The Morgan fingerprint density at radius 2 is 2.05 bits per heavy atom. The molecule has 2 atom stereocenters. The quantitative estimate of drug-likeness (QED) is 0.895. The molecule has 0 aromatic carbocycles. The minimum Gasteiger partial charge on any atom is -0.348 e. The van der Waals surface area contributed by atoms with Crippen molar-refractivity contribution < 1.29 is 4.79 Å². The Hall–Kier alpha value is -0.940. The number of aryl methyl sites for hydroxylation is 2. The normalized spacial score (nSPS) is 31.0. The Morgan fingerprint density at radius 3 is 2.68 bits per heavy atom. The van der Waals surface area contributed by atoms with E-state index in [9.17, 15) is 4.79 Å². The van der Waals surface area contributed by atoms with Gasteiger partial charge in [0.05, 0.1) is 10.7 Å². The van der Waals surface area contributed by atoms with Gasteiger partial charge in [-0.2, -0.15) is 0 Å². The van der Waals surface area contributed by atoms with Gasteiger partial charge in [-0.25, -0.2) is 4.98 Å². The van der Waals surface area contributed by atoms with Crippen LogP contribution >= 0.6 is 11.3 Å². The van der Waals surface area contributed by atoms with Crippen molar-refractivity contribution in [3.8, 4) is 0 Å². The SMILES string of the molecule is CCCc1nc(C)c(C(=O)NC2C3CCCC2CC(N)C3)s1. The molecule has 2 bridgehead atoms. The number of carbonyl (C=O) groups excluding carboxylic acids is 1. The van der Waals surface area contributed by atoms with E-state index >= 15 is 0 Å². The summed E-state index contributed by atoms with van der Waals surface area (Å²) in [6.45, 7) is 4.09. The van der Waals surface area contributed by atoms with Gasteiger partial charge in [0.1, 0.15) is 4.88 Å². The molecule has 2 aliphatic rings. The second-order valence-corrected chi connectivity index (χ2v) is 8.04. The lowest BCUT2D eigenvalue weighted by Crippen LogP contribution is -2.53. The van der Waals surface area contributed by atoms with E-state index < -0.39 is 0 Å². The van der Waals surface area contributed by atoms with Crippen LogP contribution < -0.4 is 11.1 Å². The fourth-order valence-corrected chi connectivity index (χ4v) is 5.29. The molecular formula is C17H27N3OS. The van der Waals surface area contributed by atoms with Crippen LogP contribution in [0, 0.1) is 18.8 Å². The van der Waals surface area contributed by atoms with Crippen molar-refractivity contribution in [2.75, 3.05) is 0 Å². The van der Waals surface area contributed by atoms with Gasteiger partial charge in [0.25, 0.3) is 5.91 Å². The predicted molar refractivity (Wildman–Crippen MR) is 90.1 cm³/mol. The zero-order valence-corrected chi connectivity index (χ0v) is 14.4. The van der Waals surface area contributed by atoms with Crippen LogP contribution in [0.1, 0.15) is 65.8 Å². The van der Waals surface area contributed by atoms with E-state index in [1.165, 1.54) is 19.3 Å². The molecule has 2 fully saturated rings. The van der Waals surface area contributed by atoms with Gasteiger partial charge in [0.15, 0.2) is 0 Å². The smallest absolute Gasteiger partial charge is 0.263 e. The first-order chi connectivity index (χ1) is 10.6. The summed E-state index contributed by atoms with van der Waals surface area (Å²) in [5, 5.41) is 4.41. The predicted octanol–water partition coefficient (Wildman–Crippen LogP) is 3.04. The summed E-state index contributed by atoms with van der Waals surface area (Å²) in [5.74, 6) is 1.21. The summed E-state index contributed by atoms with van der Waals surface area (Å²) in [5.41, 5.74) is 7.05. The Bertz CT molecular complexity index is 528. The third-order valence-corrected chi connectivity index (χ3v) is 6.40. The molecule has 3 N–H and O–H groups in total. The van der Waals surface area contributed by atoms with Crippen molar-refractivity contribution in [3.05, 3.63) is 15.6 Å². The van der Waals surface area contributed by atoms with Gasteiger partial charge < -0.3 is 11.1 Å². The van der Waals surface area contributed by atoms with Gasteiger partial charge in [-0.05, 0) is 57.3 Å². The van der Waals surface area contributed by atoms with Crippen LogP contribution in [0.3, 0.4) is 0 Å². The molecule has 4 nitrogen and oxygen atoms in total. The maximum atomic E-state index is 12.7. The van der Waals surface area contributed by atoms with Gasteiger partial charge in [-0.15, -0.1) is 11.3 Å². The fourth-order valence-electron chi connectivity index (χ4n) is 4.23. The first-order valence-electron chi connectivity index (χ1n) is 8.61. The zero-order chi connectivity index (χ0) is 15.7. The summed E-state index contributed by atoms with van der Waals surface area (Å²) >= 11 is 1.56. The topological polar surface area (TPSA) is 68.0 Å². The molecule has 3 rings (SSSR count). The highest BCUT2D eigenvalue weighted by Gasteiger charge is 2.40. The molecule has 2 saturated carbocycles. The minimum absolute atomic E-state index is 0.0784. The summed E-state index contributed by atoms with van der Waals surface area (Å²) < 4.78 is 0. The third kappa shape index (κ3) is 3.20. The molecule has 2 unspecified atom stereocenters. The van der Waals surface area contributed by atoms with Gasteiger partial charge in [0, 0.05) is 12.1 Å². The molecule has 0 saturated heterocycles. The van der Waals surface area contributed by atoms with Crippen LogP contribution in [0.4, 0.5) is 0 Å². The first kappa shape index (κ1) is 15.9. The molecule has 2 aliphatic carbocycles. The molecule has 0 spiro atoms. The number of hydrogen-bond donors (Lipinski definition) is 2. The highest BCUT2D eigenvalue weighted by Crippen LogP contribution is 2.39. The number of hydrogen-bond acceptors (Lipinski definition) is 4. The van der Waals surface area contributed by atoms with E-state index in [4.69, 9.17) is 5.73 Å². The molecule has 1 amide bonds. The molecule has 5 heteroatoms. The van der Waals surface area contributed by atoms with Crippen molar-refractivity contribution in [3.63, 3.8) is 0 Å². The van der Waals surface area contributed by atoms with E-state index in [-0.39, 0.29) is 5.91 Å². The van der Waals surface area contributed by atoms with Crippen LogP contribution in [0.25, 0.3) is 0 Å². The summed E-state index contributed by atoms with van der Waals surface area (Å²) in [6, 6.07) is 0.641. The average molecular weight is 321 g/mol. The lowest BCUT2D eigenvalue weighted by Gasteiger charge is -2.45. The third-order valence-electron chi connectivity index (χ3n) is 5.19. The van der Waals surface area contributed by atoms with Gasteiger partial charge in [-0.3, -0.25) is 4.79 Å². The van der Waals surface area contributed by atoms with Crippen LogP contribution in [0.5, 0.6) is 0 Å². The number of carbonyl (C=O) groups is 1. The largest absolute Gasteiger partial charge is 0.348 e. The number of aromatic nitrogens is 1. The molecule has 1 heterocycles. The highest BCUT2D eigenvalue weighted by atomic mass is 32.1. The lowest BCUT2D eigenvalue weighted by molar-refractivity contribution is 0.0759. The van der Waals surface area contributed by atoms with E-state index in [1.54, 1.807) is 11.3 Å². The Kier molecular flexibility index (Phi) is 4.83. The Morgan fingerprint density at radius 1 is 1.36 bits per heavy atom. The van der Waals surface area contributed by atoms with Gasteiger partial charge in [0.2, 0.25) is 0 Å². The van der Waals surface area contributed by atoms with Gasteiger partial charge >= 0.3 is 0 Å². The first-order valence-corrected chi connectivity index (χ1v) is 9.42.